The number of benzene rings is 2. The van der Waals surface area contributed by atoms with Crippen LogP contribution in [0.2, 0.25) is 5.02 Å². The van der Waals surface area contributed by atoms with Gasteiger partial charge in [-0.2, -0.15) is 15.2 Å². The van der Waals surface area contributed by atoms with Gasteiger partial charge >= 0.3 is 6.01 Å². The second kappa shape index (κ2) is 13.3. The van der Waals surface area contributed by atoms with Gasteiger partial charge in [-0.05, 0) is 56.3 Å². The summed E-state index contributed by atoms with van der Waals surface area (Å²) in [6.07, 6.45) is 3.12. The molecule has 0 bridgehead atoms. The fourth-order valence-corrected chi connectivity index (χ4v) is 6.88. The number of anilines is 2. The Labute approximate surface area is 262 Å². The molecule has 1 N–H and O–H groups in total. The van der Waals surface area contributed by atoms with Crippen molar-refractivity contribution in [2.75, 3.05) is 62.8 Å². The summed E-state index contributed by atoms with van der Waals surface area (Å²) in [5.74, 6) is 5.34. The Hall–Kier alpha value is -4.09. The monoisotopic (exact) mass is 613 g/mol. The number of carbonyl (C=O) groups excluding carboxylic acids is 1. The molecule has 2 fully saturated rings. The first-order valence-electron chi connectivity index (χ1n) is 15.1. The second-order valence-corrected chi connectivity index (χ2v) is 12.0. The SMILES string of the molecule is CN1CCCC1COc1nc2c(c(N3CCN(C(=O)C#CCO)[C@@H](CC#N)C3)n1)CCN(c1cccc3cccc(Cl)c13)C2. The number of nitriles is 1. The van der Waals surface area contributed by atoms with Crippen molar-refractivity contribution in [3.8, 4) is 23.9 Å². The summed E-state index contributed by atoms with van der Waals surface area (Å²) in [5, 5.41) is 21.5. The molecule has 44 heavy (non-hydrogen) atoms. The maximum Gasteiger partial charge on any atom is 0.318 e. The van der Waals surface area contributed by atoms with Crippen molar-refractivity contribution in [2.24, 2.45) is 0 Å². The van der Waals surface area contributed by atoms with Gasteiger partial charge in [0.25, 0.3) is 5.91 Å². The fourth-order valence-electron chi connectivity index (χ4n) is 6.60. The van der Waals surface area contributed by atoms with Crippen molar-refractivity contribution in [1.82, 2.24) is 19.8 Å². The Morgan fingerprint density at radius 2 is 1.95 bits per heavy atom. The van der Waals surface area contributed by atoms with E-state index >= 15 is 0 Å². The van der Waals surface area contributed by atoms with Gasteiger partial charge in [-0.25, -0.2) is 0 Å². The minimum absolute atomic E-state index is 0.170. The number of piperazine rings is 1. The van der Waals surface area contributed by atoms with E-state index in [4.69, 9.17) is 31.4 Å². The predicted octanol–water partition coefficient (Wildman–Crippen LogP) is 3.25. The third kappa shape index (κ3) is 6.11. The standard InChI is InChI=1S/C33H36ClN7O3/c1-38-15-4-8-25(38)22-44-33-36-28-21-39(29-10-3-7-23-6-2-9-27(34)31(23)29)16-13-26(28)32(37-33)40-17-18-41(24(20-40)12-14-35)30(43)11-5-19-42/h2-3,6-7,9-10,24-25,42H,4,8,12-13,15-22H2,1H3/t24-,25?/m0/s1. The Kier molecular flexibility index (Phi) is 9.04. The van der Waals surface area contributed by atoms with Gasteiger partial charge in [0.15, 0.2) is 0 Å². The quantitative estimate of drug-likeness (QED) is 0.419. The van der Waals surface area contributed by atoms with Crippen molar-refractivity contribution in [3.05, 3.63) is 52.7 Å². The minimum Gasteiger partial charge on any atom is -0.462 e. The molecule has 0 aliphatic carbocycles. The van der Waals surface area contributed by atoms with Crippen LogP contribution in [0.15, 0.2) is 36.4 Å². The number of likely N-dealkylation sites (N-methyl/N-ethyl adjacent to an activating group) is 1. The molecule has 2 aromatic carbocycles. The van der Waals surface area contributed by atoms with E-state index in [1.807, 2.05) is 12.1 Å². The van der Waals surface area contributed by atoms with Crippen LogP contribution < -0.4 is 14.5 Å². The van der Waals surface area contributed by atoms with Gasteiger partial charge in [-0.3, -0.25) is 4.79 Å². The number of halogens is 1. The number of hydrogen-bond donors (Lipinski definition) is 1. The van der Waals surface area contributed by atoms with Crippen LogP contribution in [0.3, 0.4) is 0 Å². The van der Waals surface area contributed by atoms with E-state index in [-0.39, 0.29) is 25.0 Å². The molecular weight excluding hydrogens is 578 g/mol. The van der Waals surface area contributed by atoms with Crippen LogP contribution in [0.4, 0.5) is 11.5 Å². The molecule has 11 heteroatoms. The van der Waals surface area contributed by atoms with Crippen LogP contribution in [-0.4, -0.2) is 95.9 Å². The number of aromatic nitrogens is 2. The molecule has 228 valence electrons. The molecule has 10 nitrogen and oxygen atoms in total. The van der Waals surface area contributed by atoms with Gasteiger partial charge < -0.3 is 29.4 Å². The van der Waals surface area contributed by atoms with Crippen molar-refractivity contribution >= 4 is 39.8 Å². The molecule has 1 amide bonds. The van der Waals surface area contributed by atoms with E-state index in [0.29, 0.717) is 44.8 Å². The molecular formula is C33H36ClN7O3. The van der Waals surface area contributed by atoms with Crippen molar-refractivity contribution in [3.63, 3.8) is 0 Å². The van der Waals surface area contributed by atoms with E-state index in [1.54, 1.807) is 4.90 Å². The molecule has 4 heterocycles. The summed E-state index contributed by atoms with van der Waals surface area (Å²) < 4.78 is 6.28. The van der Waals surface area contributed by atoms with E-state index in [0.717, 1.165) is 70.9 Å². The molecule has 0 spiro atoms. The molecule has 2 atom stereocenters. The van der Waals surface area contributed by atoms with Gasteiger partial charge in [0.2, 0.25) is 0 Å². The first kappa shape index (κ1) is 30.0. The van der Waals surface area contributed by atoms with Crippen molar-refractivity contribution < 1.29 is 14.6 Å². The highest BCUT2D eigenvalue weighted by Gasteiger charge is 2.34. The number of rotatable bonds is 6. The number of aliphatic hydroxyl groups is 1. The Morgan fingerprint density at radius 1 is 1.11 bits per heavy atom. The average Bonchev–Trinajstić information content (AvgIpc) is 3.46. The molecule has 6 rings (SSSR count). The highest BCUT2D eigenvalue weighted by molar-refractivity contribution is 6.36. The lowest BCUT2D eigenvalue weighted by Crippen LogP contribution is -2.55. The Bertz CT molecular complexity index is 1640. The van der Waals surface area contributed by atoms with Gasteiger partial charge in [0.1, 0.15) is 19.0 Å². The topological polar surface area (TPSA) is 109 Å². The number of hydrogen-bond acceptors (Lipinski definition) is 9. The molecule has 1 unspecified atom stereocenters. The number of nitrogens with zero attached hydrogens (tertiary/aromatic N) is 7. The van der Waals surface area contributed by atoms with Crippen LogP contribution in [-0.2, 0) is 17.8 Å². The summed E-state index contributed by atoms with van der Waals surface area (Å²) in [6.45, 7) is 3.89. The number of fused-ring (bicyclic) bond motifs is 2. The lowest BCUT2D eigenvalue weighted by atomic mass is 10.0. The van der Waals surface area contributed by atoms with Crippen LogP contribution in [0, 0.1) is 23.2 Å². The number of aliphatic hydroxyl groups excluding tert-OH is 1. The molecule has 0 saturated carbocycles. The normalized spacial score (nSPS) is 20.2. The van der Waals surface area contributed by atoms with Crippen LogP contribution in [0.1, 0.15) is 30.5 Å². The molecule has 3 aliphatic rings. The minimum atomic E-state index is -0.386. The predicted molar refractivity (Wildman–Crippen MR) is 170 cm³/mol. The second-order valence-electron chi connectivity index (χ2n) is 11.5. The summed E-state index contributed by atoms with van der Waals surface area (Å²) in [5.41, 5.74) is 3.04. The van der Waals surface area contributed by atoms with Crippen molar-refractivity contribution in [1.29, 1.82) is 5.26 Å². The van der Waals surface area contributed by atoms with Gasteiger partial charge in [-0.15, -0.1) is 0 Å². The number of ether oxygens (including phenoxy) is 1. The lowest BCUT2D eigenvalue weighted by Gasteiger charge is -2.41. The van der Waals surface area contributed by atoms with E-state index < -0.39 is 0 Å². The van der Waals surface area contributed by atoms with Gasteiger partial charge in [0, 0.05) is 48.9 Å². The number of amides is 1. The molecule has 0 radical (unpaired) electrons. The Morgan fingerprint density at radius 3 is 2.73 bits per heavy atom. The fraction of sp³-hybridized carbons (Fsp3) is 0.455. The van der Waals surface area contributed by atoms with Gasteiger partial charge in [-0.1, -0.05) is 41.8 Å². The number of carbonyl (C=O) groups is 1. The Balaban J connectivity index is 1.33. The maximum absolute atomic E-state index is 12.7. The first-order chi connectivity index (χ1) is 21.5. The summed E-state index contributed by atoms with van der Waals surface area (Å²) >= 11 is 6.70. The highest BCUT2D eigenvalue weighted by Crippen LogP contribution is 2.37. The van der Waals surface area contributed by atoms with Crippen LogP contribution in [0.5, 0.6) is 6.01 Å². The summed E-state index contributed by atoms with van der Waals surface area (Å²) in [4.78, 5) is 31.1. The maximum atomic E-state index is 12.7. The third-order valence-electron chi connectivity index (χ3n) is 8.92. The zero-order valence-corrected chi connectivity index (χ0v) is 25.6. The summed E-state index contributed by atoms with van der Waals surface area (Å²) in [6, 6.07) is 14.8. The zero-order chi connectivity index (χ0) is 30.6. The molecule has 1 aromatic heterocycles. The smallest absolute Gasteiger partial charge is 0.318 e. The van der Waals surface area contributed by atoms with E-state index in [1.165, 1.54) is 0 Å². The highest BCUT2D eigenvalue weighted by atomic mass is 35.5. The van der Waals surface area contributed by atoms with Crippen molar-refractivity contribution in [2.45, 2.75) is 44.3 Å². The molecule has 3 aliphatic heterocycles. The third-order valence-corrected chi connectivity index (χ3v) is 9.23. The molecule has 2 saturated heterocycles. The van der Waals surface area contributed by atoms with Crippen LogP contribution in [0.25, 0.3) is 10.8 Å². The average molecular weight is 614 g/mol. The zero-order valence-electron chi connectivity index (χ0n) is 24.9. The lowest BCUT2D eigenvalue weighted by molar-refractivity contribution is -0.127. The largest absolute Gasteiger partial charge is 0.462 e. The van der Waals surface area contributed by atoms with Crippen LogP contribution >= 0.6 is 11.6 Å². The van der Waals surface area contributed by atoms with E-state index in [9.17, 15) is 10.1 Å². The summed E-state index contributed by atoms with van der Waals surface area (Å²) in [7, 11) is 2.12. The number of likely N-dealkylation sites (tertiary alicyclic amines) is 1. The molecule has 3 aromatic rings. The first-order valence-corrected chi connectivity index (χ1v) is 15.5. The van der Waals surface area contributed by atoms with E-state index in [2.05, 4.69) is 63.9 Å². The van der Waals surface area contributed by atoms with Gasteiger partial charge in [0.05, 0.1) is 35.8 Å².